The predicted octanol–water partition coefficient (Wildman–Crippen LogP) is 1.80. The first-order valence-corrected chi connectivity index (χ1v) is 6.30. The standard InChI is InChI=1S/C14H21N3/c1-11(10-14(15)16)17-8-6-12-4-2-3-5-13(12)7-9-17/h2-5,11H,6-10H2,1H3,(H3,15,16). The van der Waals surface area contributed by atoms with E-state index in [0.717, 1.165) is 25.9 Å². The van der Waals surface area contributed by atoms with E-state index in [1.807, 2.05) is 0 Å². The van der Waals surface area contributed by atoms with Gasteiger partial charge < -0.3 is 5.73 Å². The van der Waals surface area contributed by atoms with Gasteiger partial charge in [0, 0.05) is 25.6 Å². The van der Waals surface area contributed by atoms with Gasteiger partial charge >= 0.3 is 0 Å². The van der Waals surface area contributed by atoms with Crippen molar-refractivity contribution in [1.82, 2.24) is 4.90 Å². The summed E-state index contributed by atoms with van der Waals surface area (Å²) < 4.78 is 0. The van der Waals surface area contributed by atoms with Crippen LogP contribution in [-0.2, 0) is 12.8 Å². The normalized spacial score (nSPS) is 18.2. The van der Waals surface area contributed by atoms with Crippen molar-refractivity contribution in [3.63, 3.8) is 0 Å². The van der Waals surface area contributed by atoms with Gasteiger partial charge in [0.2, 0.25) is 0 Å². The molecule has 0 radical (unpaired) electrons. The number of fused-ring (bicyclic) bond motifs is 1. The summed E-state index contributed by atoms with van der Waals surface area (Å²) in [7, 11) is 0. The molecule has 0 spiro atoms. The van der Waals surface area contributed by atoms with Crippen LogP contribution in [0.2, 0.25) is 0 Å². The number of benzene rings is 1. The highest BCUT2D eigenvalue weighted by molar-refractivity contribution is 5.77. The average molecular weight is 231 g/mol. The molecule has 0 amide bonds. The predicted molar refractivity (Wildman–Crippen MR) is 71.4 cm³/mol. The van der Waals surface area contributed by atoms with E-state index >= 15 is 0 Å². The minimum atomic E-state index is 0.291. The first-order chi connectivity index (χ1) is 8.16. The van der Waals surface area contributed by atoms with E-state index in [-0.39, 0.29) is 0 Å². The second kappa shape index (κ2) is 5.32. The zero-order valence-electron chi connectivity index (χ0n) is 10.4. The Hall–Kier alpha value is -1.35. The van der Waals surface area contributed by atoms with Gasteiger partial charge in [-0.25, -0.2) is 0 Å². The van der Waals surface area contributed by atoms with Crippen LogP contribution in [0.25, 0.3) is 0 Å². The largest absolute Gasteiger partial charge is 0.388 e. The van der Waals surface area contributed by atoms with Gasteiger partial charge in [-0.15, -0.1) is 0 Å². The molecule has 1 aromatic rings. The van der Waals surface area contributed by atoms with Crippen LogP contribution in [0.1, 0.15) is 24.5 Å². The first-order valence-electron chi connectivity index (χ1n) is 6.30. The van der Waals surface area contributed by atoms with Gasteiger partial charge in [0.1, 0.15) is 0 Å². The number of hydrogen-bond acceptors (Lipinski definition) is 2. The van der Waals surface area contributed by atoms with Crippen LogP contribution in [0, 0.1) is 5.41 Å². The van der Waals surface area contributed by atoms with Crippen LogP contribution in [0.15, 0.2) is 24.3 Å². The maximum Gasteiger partial charge on any atom is 0.0920 e. The lowest BCUT2D eigenvalue weighted by Crippen LogP contribution is -2.37. The van der Waals surface area contributed by atoms with Crippen LogP contribution >= 0.6 is 0 Å². The molecule has 1 atom stereocenters. The number of nitrogens with two attached hydrogens (primary N) is 1. The third-order valence-electron chi connectivity index (χ3n) is 3.59. The molecule has 1 heterocycles. The molecule has 92 valence electrons. The summed E-state index contributed by atoms with van der Waals surface area (Å²) in [6.07, 6.45) is 2.90. The van der Waals surface area contributed by atoms with E-state index in [9.17, 15) is 0 Å². The van der Waals surface area contributed by atoms with Crippen molar-refractivity contribution in [3.8, 4) is 0 Å². The molecular formula is C14H21N3. The van der Waals surface area contributed by atoms with Crippen molar-refractivity contribution in [2.75, 3.05) is 13.1 Å². The SMILES string of the molecule is CC(CC(=N)N)N1CCc2ccccc2CC1. The van der Waals surface area contributed by atoms with Crippen molar-refractivity contribution < 1.29 is 0 Å². The fraction of sp³-hybridized carbons (Fsp3) is 0.500. The molecule has 0 fully saturated rings. The van der Waals surface area contributed by atoms with Crippen molar-refractivity contribution in [3.05, 3.63) is 35.4 Å². The Kier molecular flexibility index (Phi) is 3.79. The Bertz CT molecular complexity index is 373. The molecule has 0 saturated carbocycles. The Morgan fingerprint density at radius 2 is 1.82 bits per heavy atom. The highest BCUT2D eigenvalue weighted by Crippen LogP contribution is 2.17. The quantitative estimate of drug-likeness (QED) is 0.615. The molecule has 3 N–H and O–H groups in total. The molecule has 0 aliphatic carbocycles. The van der Waals surface area contributed by atoms with E-state index in [1.54, 1.807) is 0 Å². The molecule has 1 aliphatic rings. The fourth-order valence-electron chi connectivity index (χ4n) is 2.57. The van der Waals surface area contributed by atoms with Gasteiger partial charge in [-0.3, -0.25) is 10.3 Å². The summed E-state index contributed by atoms with van der Waals surface area (Å²) in [5.41, 5.74) is 8.43. The van der Waals surface area contributed by atoms with E-state index in [0.29, 0.717) is 18.3 Å². The third-order valence-corrected chi connectivity index (χ3v) is 3.59. The molecule has 0 aromatic heterocycles. The van der Waals surface area contributed by atoms with Gasteiger partial charge in [0.05, 0.1) is 5.84 Å². The molecule has 0 saturated heterocycles. The molecular weight excluding hydrogens is 210 g/mol. The lowest BCUT2D eigenvalue weighted by molar-refractivity contribution is 0.223. The van der Waals surface area contributed by atoms with Crippen molar-refractivity contribution in [1.29, 1.82) is 5.41 Å². The number of hydrogen-bond donors (Lipinski definition) is 2. The van der Waals surface area contributed by atoms with Crippen LogP contribution in [0.5, 0.6) is 0 Å². The van der Waals surface area contributed by atoms with Crippen LogP contribution in [0.4, 0.5) is 0 Å². The average Bonchev–Trinajstić information content (AvgIpc) is 2.50. The highest BCUT2D eigenvalue weighted by atomic mass is 15.1. The monoisotopic (exact) mass is 231 g/mol. The Balaban J connectivity index is 2.01. The van der Waals surface area contributed by atoms with Gasteiger partial charge in [0.25, 0.3) is 0 Å². The maximum absolute atomic E-state index is 7.38. The third kappa shape index (κ3) is 3.07. The van der Waals surface area contributed by atoms with E-state index in [1.165, 1.54) is 11.1 Å². The minimum absolute atomic E-state index is 0.291. The highest BCUT2D eigenvalue weighted by Gasteiger charge is 2.18. The summed E-state index contributed by atoms with van der Waals surface area (Å²) in [5, 5.41) is 7.38. The van der Waals surface area contributed by atoms with E-state index < -0.39 is 0 Å². The van der Waals surface area contributed by atoms with Crippen LogP contribution in [0.3, 0.4) is 0 Å². The lowest BCUT2D eigenvalue weighted by atomic mass is 10.0. The lowest BCUT2D eigenvalue weighted by Gasteiger charge is -2.27. The molecule has 1 aromatic carbocycles. The maximum atomic E-state index is 7.38. The molecule has 3 heteroatoms. The van der Waals surface area contributed by atoms with Crippen molar-refractivity contribution >= 4 is 5.84 Å². The summed E-state index contributed by atoms with van der Waals surface area (Å²) >= 11 is 0. The smallest absolute Gasteiger partial charge is 0.0920 e. The zero-order chi connectivity index (χ0) is 12.3. The summed E-state index contributed by atoms with van der Waals surface area (Å²) in [5.74, 6) is 0.291. The zero-order valence-corrected chi connectivity index (χ0v) is 10.4. The number of amidine groups is 1. The molecule has 17 heavy (non-hydrogen) atoms. The topological polar surface area (TPSA) is 53.1 Å². The molecule has 1 unspecified atom stereocenters. The van der Waals surface area contributed by atoms with E-state index in [2.05, 4.69) is 36.1 Å². The number of rotatable bonds is 3. The minimum Gasteiger partial charge on any atom is -0.388 e. The Morgan fingerprint density at radius 1 is 1.29 bits per heavy atom. The Labute approximate surface area is 103 Å². The Morgan fingerprint density at radius 3 is 2.29 bits per heavy atom. The molecule has 1 aliphatic heterocycles. The summed E-state index contributed by atoms with van der Waals surface area (Å²) in [6.45, 7) is 4.31. The number of nitrogens with one attached hydrogen (secondary N) is 1. The second-order valence-electron chi connectivity index (χ2n) is 4.88. The molecule has 3 nitrogen and oxygen atoms in total. The van der Waals surface area contributed by atoms with E-state index in [4.69, 9.17) is 11.1 Å². The summed E-state index contributed by atoms with van der Waals surface area (Å²) in [4.78, 5) is 2.45. The molecule has 2 rings (SSSR count). The van der Waals surface area contributed by atoms with Gasteiger partial charge in [-0.05, 0) is 30.9 Å². The van der Waals surface area contributed by atoms with Crippen molar-refractivity contribution in [2.24, 2.45) is 5.73 Å². The first kappa shape index (κ1) is 12.1. The van der Waals surface area contributed by atoms with Crippen LogP contribution in [-0.4, -0.2) is 29.9 Å². The number of nitrogens with zero attached hydrogens (tertiary/aromatic N) is 1. The molecule has 0 bridgehead atoms. The van der Waals surface area contributed by atoms with Crippen molar-refractivity contribution in [2.45, 2.75) is 32.2 Å². The fourth-order valence-corrected chi connectivity index (χ4v) is 2.57. The van der Waals surface area contributed by atoms with Gasteiger partial charge in [0.15, 0.2) is 0 Å². The van der Waals surface area contributed by atoms with Gasteiger partial charge in [-0.2, -0.15) is 0 Å². The second-order valence-corrected chi connectivity index (χ2v) is 4.88. The van der Waals surface area contributed by atoms with Crippen LogP contribution < -0.4 is 5.73 Å². The summed E-state index contributed by atoms with van der Waals surface area (Å²) in [6, 6.07) is 9.08. The van der Waals surface area contributed by atoms with Gasteiger partial charge in [-0.1, -0.05) is 24.3 Å².